The molecule has 3 fully saturated rings. The lowest BCUT2D eigenvalue weighted by molar-refractivity contribution is -0.152. The molecule has 0 aromatic heterocycles. The molecule has 1 aromatic rings. The molecule has 2 heterocycles. The van der Waals surface area contributed by atoms with Gasteiger partial charge in [-0.25, -0.2) is 8.78 Å². The van der Waals surface area contributed by atoms with Gasteiger partial charge in [-0.05, 0) is 31.7 Å². The van der Waals surface area contributed by atoms with Crippen molar-refractivity contribution >= 4 is 5.91 Å². The molecule has 1 aromatic carbocycles. The third-order valence-electron chi connectivity index (χ3n) is 5.83. The number of hydrogen-bond acceptors (Lipinski definition) is 3. The van der Waals surface area contributed by atoms with Gasteiger partial charge in [0.2, 0.25) is 0 Å². The maximum Gasteiger partial charge on any atom is 0.260 e. The molecule has 0 radical (unpaired) electrons. The highest BCUT2D eigenvalue weighted by Crippen LogP contribution is 2.38. The van der Waals surface area contributed by atoms with Gasteiger partial charge in [0, 0.05) is 37.8 Å². The molecule has 136 valence electrons. The quantitative estimate of drug-likeness (QED) is 0.837. The summed E-state index contributed by atoms with van der Waals surface area (Å²) in [6, 6.07) is 6.85. The van der Waals surface area contributed by atoms with Gasteiger partial charge in [0.1, 0.15) is 5.82 Å². The standard InChI is InChI=1S/C19H24F2N2O2/c20-17-5-2-1-4-14(17)13-25-16-10-15-11-23(9-8-22(15)12-16)18(24)19(21)6-3-7-19/h1-2,4-5,15-16H,3,6-13H2. The molecule has 1 saturated carbocycles. The van der Waals surface area contributed by atoms with E-state index < -0.39 is 5.67 Å². The van der Waals surface area contributed by atoms with Gasteiger partial charge in [0.25, 0.3) is 5.91 Å². The first-order valence-electron chi connectivity index (χ1n) is 9.12. The van der Waals surface area contributed by atoms with Crippen LogP contribution in [0.2, 0.25) is 0 Å². The molecule has 2 saturated heterocycles. The molecule has 2 atom stereocenters. The van der Waals surface area contributed by atoms with Gasteiger partial charge >= 0.3 is 0 Å². The largest absolute Gasteiger partial charge is 0.372 e. The fourth-order valence-electron chi connectivity index (χ4n) is 4.11. The van der Waals surface area contributed by atoms with Crippen LogP contribution in [0.5, 0.6) is 0 Å². The minimum atomic E-state index is -1.61. The van der Waals surface area contributed by atoms with E-state index in [2.05, 4.69) is 4.90 Å². The number of amides is 1. The summed E-state index contributed by atoms with van der Waals surface area (Å²) in [6.07, 6.45) is 2.37. The number of ether oxygens (including phenoxy) is 1. The molecule has 2 unspecified atom stereocenters. The summed E-state index contributed by atoms with van der Waals surface area (Å²) in [5, 5.41) is 0. The Morgan fingerprint density at radius 1 is 1.24 bits per heavy atom. The van der Waals surface area contributed by atoms with E-state index in [9.17, 15) is 13.6 Å². The third-order valence-corrected chi connectivity index (χ3v) is 5.83. The fourth-order valence-corrected chi connectivity index (χ4v) is 4.11. The second-order valence-corrected chi connectivity index (χ2v) is 7.48. The molecule has 4 rings (SSSR count). The zero-order valence-electron chi connectivity index (χ0n) is 14.3. The first-order chi connectivity index (χ1) is 12.0. The summed E-state index contributed by atoms with van der Waals surface area (Å²) in [5.41, 5.74) is -1.05. The van der Waals surface area contributed by atoms with E-state index in [4.69, 9.17) is 4.74 Å². The number of carbonyl (C=O) groups is 1. The van der Waals surface area contributed by atoms with Crippen molar-refractivity contribution in [3.05, 3.63) is 35.6 Å². The molecular formula is C19H24F2N2O2. The molecule has 6 heteroatoms. The van der Waals surface area contributed by atoms with E-state index in [1.807, 2.05) is 0 Å². The summed E-state index contributed by atoms with van der Waals surface area (Å²) < 4.78 is 34.0. The third kappa shape index (κ3) is 3.29. The van der Waals surface area contributed by atoms with Gasteiger partial charge < -0.3 is 9.64 Å². The maximum atomic E-state index is 14.4. The molecule has 0 N–H and O–H groups in total. The lowest BCUT2D eigenvalue weighted by Crippen LogP contribution is -2.58. The summed E-state index contributed by atoms with van der Waals surface area (Å²) in [5.74, 6) is -0.571. The predicted octanol–water partition coefficient (Wildman–Crippen LogP) is 2.52. The molecule has 2 aliphatic heterocycles. The monoisotopic (exact) mass is 350 g/mol. The van der Waals surface area contributed by atoms with Crippen molar-refractivity contribution in [2.45, 2.75) is 50.1 Å². The number of halogens is 2. The van der Waals surface area contributed by atoms with Gasteiger partial charge in [0.15, 0.2) is 5.67 Å². The number of benzene rings is 1. The number of carbonyl (C=O) groups excluding carboxylic acids is 1. The predicted molar refractivity (Wildman–Crippen MR) is 89.2 cm³/mol. The molecule has 1 amide bonds. The highest BCUT2D eigenvalue weighted by Gasteiger charge is 2.49. The van der Waals surface area contributed by atoms with E-state index in [0.717, 1.165) is 25.9 Å². The average molecular weight is 350 g/mol. The topological polar surface area (TPSA) is 32.8 Å². The van der Waals surface area contributed by atoms with Crippen LogP contribution in [-0.2, 0) is 16.1 Å². The van der Waals surface area contributed by atoms with Gasteiger partial charge in [-0.1, -0.05) is 18.2 Å². The summed E-state index contributed by atoms with van der Waals surface area (Å²) in [6.45, 7) is 2.97. The molecular weight excluding hydrogens is 326 g/mol. The first-order valence-corrected chi connectivity index (χ1v) is 9.12. The summed E-state index contributed by atoms with van der Waals surface area (Å²) >= 11 is 0. The molecule has 0 bridgehead atoms. The van der Waals surface area contributed by atoms with Crippen LogP contribution in [0.15, 0.2) is 24.3 Å². The maximum absolute atomic E-state index is 14.4. The summed E-state index contributed by atoms with van der Waals surface area (Å²) in [4.78, 5) is 16.4. The van der Waals surface area contributed by atoms with Gasteiger partial charge in [0.05, 0.1) is 12.7 Å². The van der Waals surface area contributed by atoms with Gasteiger partial charge in [-0.2, -0.15) is 0 Å². The number of alkyl halides is 1. The number of fused-ring (bicyclic) bond motifs is 1. The molecule has 0 spiro atoms. The van der Waals surface area contributed by atoms with Crippen molar-refractivity contribution in [2.24, 2.45) is 0 Å². The molecule has 1 aliphatic carbocycles. The van der Waals surface area contributed by atoms with Crippen LogP contribution >= 0.6 is 0 Å². The minimum Gasteiger partial charge on any atom is -0.372 e. The molecule has 25 heavy (non-hydrogen) atoms. The van der Waals surface area contributed by atoms with E-state index >= 15 is 0 Å². The number of hydrogen-bond donors (Lipinski definition) is 0. The number of rotatable bonds is 4. The van der Waals surface area contributed by atoms with E-state index in [0.29, 0.717) is 31.5 Å². The van der Waals surface area contributed by atoms with Gasteiger partial charge in [-0.15, -0.1) is 0 Å². The zero-order chi connectivity index (χ0) is 17.4. The summed E-state index contributed by atoms with van der Waals surface area (Å²) in [7, 11) is 0. The van der Waals surface area contributed by atoms with Gasteiger partial charge in [-0.3, -0.25) is 9.69 Å². The van der Waals surface area contributed by atoms with Crippen molar-refractivity contribution in [1.29, 1.82) is 0 Å². The Balaban J connectivity index is 1.31. The van der Waals surface area contributed by atoms with Crippen LogP contribution in [-0.4, -0.2) is 59.7 Å². The normalized spacial score (nSPS) is 28.5. The lowest BCUT2D eigenvalue weighted by atomic mass is 9.80. The van der Waals surface area contributed by atoms with Crippen LogP contribution in [0, 0.1) is 5.82 Å². The number of piperazine rings is 1. The Morgan fingerprint density at radius 3 is 2.76 bits per heavy atom. The van der Waals surface area contributed by atoms with Crippen LogP contribution in [0.25, 0.3) is 0 Å². The fraction of sp³-hybridized carbons (Fsp3) is 0.632. The van der Waals surface area contributed by atoms with Crippen LogP contribution < -0.4 is 0 Å². The Kier molecular flexibility index (Phi) is 4.50. The number of nitrogens with zero attached hydrogens (tertiary/aromatic N) is 2. The smallest absolute Gasteiger partial charge is 0.260 e. The zero-order valence-corrected chi connectivity index (χ0v) is 14.3. The SMILES string of the molecule is O=C(N1CCN2CC(OCc3ccccc3F)CC2C1)C1(F)CCC1. The second-order valence-electron chi connectivity index (χ2n) is 7.48. The average Bonchev–Trinajstić information content (AvgIpc) is 3.00. The minimum absolute atomic E-state index is 0.0303. The Morgan fingerprint density at radius 2 is 2.04 bits per heavy atom. The van der Waals surface area contributed by atoms with Crippen LogP contribution in [0.3, 0.4) is 0 Å². The van der Waals surface area contributed by atoms with Crippen molar-refractivity contribution < 1.29 is 18.3 Å². The second kappa shape index (κ2) is 6.65. The first kappa shape index (κ1) is 16.9. The highest BCUT2D eigenvalue weighted by molar-refractivity contribution is 5.86. The van der Waals surface area contributed by atoms with Crippen LogP contribution in [0.4, 0.5) is 8.78 Å². The Bertz CT molecular complexity index is 650. The van der Waals surface area contributed by atoms with Crippen molar-refractivity contribution in [3.8, 4) is 0 Å². The highest BCUT2D eigenvalue weighted by atomic mass is 19.1. The van der Waals surface area contributed by atoms with E-state index in [1.165, 1.54) is 6.07 Å². The Labute approximate surface area is 146 Å². The van der Waals surface area contributed by atoms with E-state index in [1.54, 1.807) is 23.1 Å². The van der Waals surface area contributed by atoms with Crippen LogP contribution in [0.1, 0.15) is 31.2 Å². The van der Waals surface area contributed by atoms with Crippen molar-refractivity contribution in [3.63, 3.8) is 0 Å². The van der Waals surface area contributed by atoms with Crippen molar-refractivity contribution in [1.82, 2.24) is 9.80 Å². The lowest BCUT2D eigenvalue weighted by Gasteiger charge is -2.42. The van der Waals surface area contributed by atoms with E-state index in [-0.39, 0.29) is 30.5 Å². The van der Waals surface area contributed by atoms with Crippen molar-refractivity contribution in [2.75, 3.05) is 26.2 Å². The Hall–Kier alpha value is -1.53. The molecule has 3 aliphatic rings. The molecule has 4 nitrogen and oxygen atoms in total.